The summed E-state index contributed by atoms with van der Waals surface area (Å²) in [6, 6.07) is 13.0. The molecular formula is C18H17N5O6S2. The first-order chi connectivity index (χ1) is 14.4. The first-order valence-electron chi connectivity index (χ1n) is 8.58. The van der Waals surface area contributed by atoms with Gasteiger partial charge in [-0.2, -0.15) is 8.42 Å². The van der Waals surface area contributed by atoms with Gasteiger partial charge in [0.25, 0.3) is 0 Å². The fourth-order valence-electron chi connectivity index (χ4n) is 2.75. The number of imidazole rings is 1. The zero-order chi connectivity index (χ0) is 22.8. The van der Waals surface area contributed by atoms with E-state index in [2.05, 4.69) is 19.9 Å². The van der Waals surface area contributed by atoms with Gasteiger partial charge in [0.2, 0.25) is 15.0 Å². The summed E-state index contributed by atoms with van der Waals surface area (Å²) in [5.74, 6) is 0. The van der Waals surface area contributed by atoms with Crippen LogP contribution in [-0.2, 0) is 20.2 Å². The predicted octanol–water partition coefficient (Wildman–Crippen LogP) is 1.91. The molecule has 0 atom stereocenters. The van der Waals surface area contributed by atoms with Crippen LogP contribution in [0.3, 0.4) is 0 Å². The number of aromatic nitrogens is 5. The molecular weight excluding hydrogens is 446 g/mol. The summed E-state index contributed by atoms with van der Waals surface area (Å²) < 4.78 is 57.2. The lowest BCUT2D eigenvalue weighted by molar-refractivity contribution is 0.381. The maximum absolute atomic E-state index is 11.9. The van der Waals surface area contributed by atoms with Crippen molar-refractivity contribution < 1.29 is 25.9 Å². The van der Waals surface area contributed by atoms with Gasteiger partial charge in [-0.05, 0) is 37.3 Å². The number of rotatable bonds is 3. The van der Waals surface area contributed by atoms with E-state index in [-0.39, 0.29) is 5.16 Å². The number of aryl methyl sites for hydroxylation is 1. The van der Waals surface area contributed by atoms with Crippen molar-refractivity contribution in [3.63, 3.8) is 0 Å². The van der Waals surface area contributed by atoms with Crippen LogP contribution in [0.4, 0.5) is 0 Å². The summed E-state index contributed by atoms with van der Waals surface area (Å²) in [5.41, 5.74) is 4.06. The summed E-state index contributed by atoms with van der Waals surface area (Å²) in [6.45, 7) is 1.91. The third-order valence-electron chi connectivity index (χ3n) is 3.87. The Kier molecular flexibility index (Phi) is 6.13. The van der Waals surface area contributed by atoms with Gasteiger partial charge in [0.05, 0.1) is 11.4 Å². The number of fused-ring (bicyclic) bond motifs is 1. The molecule has 4 aromatic rings. The van der Waals surface area contributed by atoms with Crippen LogP contribution in [-0.4, -0.2) is 56.5 Å². The van der Waals surface area contributed by atoms with Crippen molar-refractivity contribution in [3.8, 4) is 22.8 Å². The Labute approximate surface area is 178 Å². The Morgan fingerprint density at radius 3 is 2.23 bits per heavy atom. The van der Waals surface area contributed by atoms with Gasteiger partial charge in [0.1, 0.15) is 17.0 Å². The predicted molar refractivity (Wildman–Crippen MR) is 111 cm³/mol. The Morgan fingerprint density at radius 1 is 0.871 bits per heavy atom. The molecule has 2 N–H and O–H groups in total. The molecule has 0 unspecified atom stereocenters. The minimum Gasteiger partial charge on any atom is -0.298 e. The molecule has 0 saturated carbocycles. The van der Waals surface area contributed by atoms with Gasteiger partial charge in [-0.25, -0.2) is 23.4 Å². The van der Waals surface area contributed by atoms with Crippen molar-refractivity contribution in [3.05, 3.63) is 60.6 Å². The van der Waals surface area contributed by atoms with Gasteiger partial charge in [0.15, 0.2) is 0 Å². The van der Waals surface area contributed by atoms with Crippen molar-refractivity contribution in [2.75, 3.05) is 6.26 Å². The molecule has 162 valence electrons. The lowest BCUT2D eigenvalue weighted by Gasteiger charge is -2.06. The molecule has 0 amide bonds. The number of hydrogen-bond donors (Lipinski definition) is 2. The second-order valence-electron chi connectivity index (χ2n) is 6.35. The standard InChI is InChI=1S/C18H15N5O2S.H2O4S/c1-12-6-5-7-13(20-12)16-17(23-11-4-3-8-15(23)22-16)14-9-10-19-18(21-14)26(2,24)25;1-5(2,3)4/h3-11H,1-2H3;(H2,1,2,3,4). The molecule has 31 heavy (non-hydrogen) atoms. The van der Waals surface area contributed by atoms with Gasteiger partial charge >= 0.3 is 10.4 Å². The third kappa shape index (κ3) is 5.67. The van der Waals surface area contributed by atoms with Gasteiger partial charge < -0.3 is 0 Å². The number of sulfone groups is 1. The largest absolute Gasteiger partial charge is 0.394 e. The minimum absolute atomic E-state index is 0.218. The van der Waals surface area contributed by atoms with Crippen LogP contribution in [0.1, 0.15) is 5.69 Å². The Morgan fingerprint density at radius 2 is 1.58 bits per heavy atom. The van der Waals surface area contributed by atoms with E-state index < -0.39 is 20.2 Å². The lowest BCUT2D eigenvalue weighted by Crippen LogP contribution is -2.05. The maximum atomic E-state index is 11.9. The van der Waals surface area contributed by atoms with Crippen LogP contribution in [0.5, 0.6) is 0 Å². The summed E-state index contributed by atoms with van der Waals surface area (Å²) >= 11 is 0. The lowest BCUT2D eigenvalue weighted by atomic mass is 10.1. The SMILES string of the molecule is Cc1cccc(-c2nc3ccccn3c2-c2ccnc(S(C)(=O)=O)n2)n1.O=S(=O)(O)O. The molecule has 0 aliphatic carbocycles. The molecule has 0 spiro atoms. The summed E-state index contributed by atoms with van der Waals surface area (Å²) in [4.78, 5) is 17.4. The highest BCUT2D eigenvalue weighted by molar-refractivity contribution is 7.90. The molecule has 4 aromatic heterocycles. The number of pyridine rings is 2. The van der Waals surface area contributed by atoms with E-state index in [4.69, 9.17) is 17.5 Å². The van der Waals surface area contributed by atoms with Crippen LogP contribution in [0.25, 0.3) is 28.4 Å². The molecule has 0 aromatic carbocycles. The van der Waals surface area contributed by atoms with Gasteiger partial charge in [-0.15, -0.1) is 0 Å². The molecule has 0 fully saturated rings. The molecule has 4 heterocycles. The van der Waals surface area contributed by atoms with E-state index in [9.17, 15) is 8.42 Å². The summed E-state index contributed by atoms with van der Waals surface area (Å²) in [6.07, 6.45) is 4.39. The molecule has 0 bridgehead atoms. The third-order valence-corrected chi connectivity index (χ3v) is 4.73. The van der Waals surface area contributed by atoms with Crippen LogP contribution in [0.15, 0.2) is 60.0 Å². The van der Waals surface area contributed by atoms with Gasteiger partial charge in [0, 0.05) is 24.3 Å². The van der Waals surface area contributed by atoms with Crippen LogP contribution in [0, 0.1) is 6.92 Å². The zero-order valence-electron chi connectivity index (χ0n) is 16.3. The minimum atomic E-state index is -4.67. The smallest absolute Gasteiger partial charge is 0.298 e. The van der Waals surface area contributed by atoms with Crippen LogP contribution < -0.4 is 0 Å². The highest BCUT2D eigenvalue weighted by Crippen LogP contribution is 2.31. The Balaban J connectivity index is 0.000000491. The van der Waals surface area contributed by atoms with Crippen molar-refractivity contribution >= 4 is 25.9 Å². The first kappa shape index (κ1) is 22.4. The van der Waals surface area contributed by atoms with Crippen LogP contribution >= 0.6 is 0 Å². The number of nitrogens with zero attached hydrogens (tertiary/aromatic N) is 5. The average molecular weight is 463 g/mol. The van der Waals surface area contributed by atoms with E-state index in [1.54, 1.807) is 6.07 Å². The summed E-state index contributed by atoms with van der Waals surface area (Å²) in [7, 11) is -8.19. The van der Waals surface area contributed by atoms with Crippen LogP contribution in [0.2, 0.25) is 0 Å². The Bertz CT molecular complexity index is 1460. The van der Waals surface area contributed by atoms with Crippen molar-refractivity contribution in [2.45, 2.75) is 12.1 Å². The molecule has 0 aliphatic heterocycles. The fraction of sp³-hybridized carbons (Fsp3) is 0.111. The zero-order valence-corrected chi connectivity index (χ0v) is 17.9. The van der Waals surface area contributed by atoms with E-state index in [1.807, 2.05) is 53.9 Å². The average Bonchev–Trinajstić information content (AvgIpc) is 3.06. The maximum Gasteiger partial charge on any atom is 0.394 e. The normalized spacial score (nSPS) is 11.7. The van der Waals surface area contributed by atoms with Crippen molar-refractivity contribution in [1.82, 2.24) is 24.3 Å². The fourth-order valence-corrected chi connectivity index (χ4v) is 3.26. The monoisotopic (exact) mass is 463 g/mol. The van der Waals surface area contributed by atoms with Crippen molar-refractivity contribution in [1.29, 1.82) is 0 Å². The highest BCUT2D eigenvalue weighted by atomic mass is 32.3. The Hall–Kier alpha value is -3.26. The highest BCUT2D eigenvalue weighted by Gasteiger charge is 2.20. The molecule has 4 rings (SSSR count). The molecule has 0 aliphatic rings. The number of hydrogen-bond acceptors (Lipinski definition) is 8. The first-order valence-corrected chi connectivity index (χ1v) is 11.9. The molecule has 11 nitrogen and oxygen atoms in total. The topological polar surface area (TPSA) is 165 Å². The van der Waals surface area contributed by atoms with E-state index in [0.29, 0.717) is 22.8 Å². The summed E-state index contributed by atoms with van der Waals surface area (Å²) in [5, 5.41) is -0.218. The van der Waals surface area contributed by atoms with E-state index >= 15 is 0 Å². The van der Waals surface area contributed by atoms with Gasteiger partial charge in [-0.3, -0.25) is 18.5 Å². The molecule has 0 saturated heterocycles. The van der Waals surface area contributed by atoms with Crippen molar-refractivity contribution in [2.24, 2.45) is 0 Å². The molecule has 0 radical (unpaired) electrons. The van der Waals surface area contributed by atoms with E-state index in [0.717, 1.165) is 17.6 Å². The quantitative estimate of drug-likeness (QED) is 0.338. The second kappa shape index (κ2) is 8.47. The second-order valence-corrected chi connectivity index (χ2v) is 9.15. The van der Waals surface area contributed by atoms with E-state index in [1.165, 1.54) is 6.20 Å². The van der Waals surface area contributed by atoms with Gasteiger partial charge in [-0.1, -0.05) is 12.1 Å². The molecule has 13 heteroatoms.